The molecule has 2 rings (SSSR count). The first-order valence-electron chi connectivity index (χ1n) is 7.14. The van der Waals surface area contributed by atoms with Crippen molar-refractivity contribution in [1.82, 2.24) is 14.9 Å². The maximum Gasteiger partial charge on any atom is 0.145 e. The van der Waals surface area contributed by atoms with Gasteiger partial charge in [0.05, 0.1) is 0 Å². The van der Waals surface area contributed by atoms with Crippen LogP contribution < -0.4 is 16.6 Å². The van der Waals surface area contributed by atoms with E-state index in [0.717, 1.165) is 24.7 Å². The molecule has 0 saturated heterocycles. The fourth-order valence-electron chi connectivity index (χ4n) is 2.40. The number of nitrogens with two attached hydrogens (primary N) is 1. The van der Waals surface area contributed by atoms with Crippen LogP contribution in [0, 0.1) is 5.41 Å². The van der Waals surface area contributed by atoms with Crippen LogP contribution in [-0.4, -0.2) is 42.1 Å². The minimum Gasteiger partial charge on any atom is -0.369 e. The van der Waals surface area contributed by atoms with Gasteiger partial charge in [-0.3, -0.25) is 0 Å². The van der Waals surface area contributed by atoms with Crippen molar-refractivity contribution in [3.8, 4) is 0 Å². The lowest BCUT2D eigenvalue weighted by Crippen LogP contribution is -2.34. The minimum atomic E-state index is 0.171. The summed E-state index contributed by atoms with van der Waals surface area (Å²) in [7, 11) is 4.18. The highest BCUT2D eigenvalue weighted by molar-refractivity contribution is 5.47. The molecule has 1 aliphatic carbocycles. The molecule has 0 spiro atoms. The van der Waals surface area contributed by atoms with Crippen molar-refractivity contribution in [2.75, 3.05) is 37.9 Å². The number of aromatic nitrogens is 2. The topological polar surface area (TPSA) is 79.1 Å². The third-order valence-electron chi connectivity index (χ3n) is 3.33. The molecule has 0 radical (unpaired) electrons. The van der Waals surface area contributed by atoms with Crippen molar-refractivity contribution in [3.63, 3.8) is 0 Å². The average Bonchev–Trinajstić information content (AvgIpc) is 3.19. The summed E-state index contributed by atoms with van der Waals surface area (Å²) in [5, 5.41) is 3.41. The molecule has 4 N–H and O–H groups in total. The highest BCUT2D eigenvalue weighted by atomic mass is 15.3. The van der Waals surface area contributed by atoms with E-state index in [0.29, 0.717) is 11.7 Å². The van der Waals surface area contributed by atoms with Crippen LogP contribution >= 0.6 is 0 Å². The summed E-state index contributed by atoms with van der Waals surface area (Å²) in [6, 6.07) is 1.86. The van der Waals surface area contributed by atoms with Gasteiger partial charge in [0.1, 0.15) is 17.5 Å². The average molecular weight is 278 g/mol. The first kappa shape index (κ1) is 15.0. The van der Waals surface area contributed by atoms with E-state index in [2.05, 4.69) is 53.6 Å². The molecule has 0 aliphatic heterocycles. The largest absolute Gasteiger partial charge is 0.369 e. The van der Waals surface area contributed by atoms with Gasteiger partial charge in [-0.1, -0.05) is 13.8 Å². The van der Waals surface area contributed by atoms with Crippen LogP contribution in [-0.2, 0) is 0 Å². The third kappa shape index (κ3) is 4.31. The lowest BCUT2D eigenvalue weighted by Gasteiger charge is -2.28. The van der Waals surface area contributed by atoms with Crippen LogP contribution in [0.15, 0.2) is 6.07 Å². The smallest absolute Gasteiger partial charge is 0.145 e. The third-order valence-corrected chi connectivity index (χ3v) is 3.33. The van der Waals surface area contributed by atoms with Gasteiger partial charge in [0.2, 0.25) is 0 Å². The monoisotopic (exact) mass is 278 g/mol. The Morgan fingerprint density at radius 3 is 2.50 bits per heavy atom. The Morgan fingerprint density at radius 1 is 1.30 bits per heavy atom. The predicted molar refractivity (Wildman–Crippen MR) is 82.6 cm³/mol. The van der Waals surface area contributed by atoms with Gasteiger partial charge in [-0.05, 0) is 32.4 Å². The first-order chi connectivity index (χ1) is 9.39. The predicted octanol–water partition coefficient (Wildman–Crippen LogP) is 1.64. The second-order valence-corrected chi connectivity index (χ2v) is 6.67. The van der Waals surface area contributed by atoms with Crippen molar-refractivity contribution in [2.24, 2.45) is 11.3 Å². The second-order valence-electron chi connectivity index (χ2n) is 6.67. The Bertz CT molecular complexity index is 453. The number of rotatable bonds is 7. The highest BCUT2D eigenvalue weighted by Gasteiger charge is 2.27. The number of anilines is 2. The van der Waals surface area contributed by atoms with E-state index in [9.17, 15) is 0 Å². The SMILES string of the molecule is CN(C)CC(C)(C)CNc1cc(NN)nc(C2CC2)n1. The molecule has 1 aliphatic rings. The van der Waals surface area contributed by atoms with Gasteiger partial charge in [0.25, 0.3) is 0 Å². The van der Waals surface area contributed by atoms with Crippen LogP contribution in [0.3, 0.4) is 0 Å². The molecule has 1 aromatic heterocycles. The van der Waals surface area contributed by atoms with Gasteiger partial charge in [0.15, 0.2) is 0 Å². The molecule has 0 bridgehead atoms. The van der Waals surface area contributed by atoms with Gasteiger partial charge in [-0.25, -0.2) is 15.8 Å². The molecule has 1 heterocycles. The molecule has 112 valence electrons. The zero-order chi connectivity index (χ0) is 14.8. The van der Waals surface area contributed by atoms with Gasteiger partial charge >= 0.3 is 0 Å². The van der Waals surface area contributed by atoms with Crippen molar-refractivity contribution < 1.29 is 0 Å². The van der Waals surface area contributed by atoms with E-state index in [1.54, 1.807) is 0 Å². The second kappa shape index (κ2) is 5.93. The number of hydrogen-bond donors (Lipinski definition) is 3. The maximum atomic E-state index is 5.48. The van der Waals surface area contributed by atoms with Crippen LogP contribution in [0.2, 0.25) is 0 Å². The first-order valence-corrected chi connectivity index (χ1v) is 7.14. The van der Waals surface area contributed by atoms with E-state index in [-0.39, 0.29) is 5.41 Å². The summed E-state index contributed by atoms with van der Waals surface area (Å²) in [5.41, 5.74) is 2.79. The van der Waals surface area contributed by atoms with E-state index in [1.165, 1.54) is 12.8 Å². The van der Waals surface area contributed by atoms with E-state index >= 15 is 0 Å². The molecule has 20 heavy (non-hydrogen) atoms. The highest BCUT2D eigenvalue weighted by Crippen LogP contribution is 2.38. The van der Waals surface area contributed by atoms with E-state index in [4.69, 9.17) is 5.84 Å². The Hall–Kier alpha value is -1.40. The Labute approximate surface area is 121 Å². The molecular weight excluding hydrogens is 252 g/mol. The number of nitrogen functional groups attached to an aromatic ring is 1. The van der Waals surface area contributed by atoms with Gasteiger partial charge in [-0.15, -0.1) is 0 Å². The zero-order valence-electron chi connectivity index (χ0n) is 12.9. The molecule has 0 unspecified atom stereocenters. The molecule has 0 atom stereocenters. The zero-order valence-corrected chi connectivity index (χ0v) is 12.9. The van der Waals surface area contributed by atoms with Gasteiger partial charge < -0.3 is 15.6 Å². The van der Waals surface area contributed by atoms with E-state index < -0.39 is 0 Å². The van der Waals surface area contributed by atoms with Crippen molar-refractivity contribution in [2.45, 2.75) is 32.6 Å². The van der Waals surface area contributed by atoms with Crippen LogP contribution in [0.5, 0.6) is 0 Å². The van der Waals surface area contributed by atoms with E-state index in [1.807, 2.05) is 6.07 Å². The summed E-state index contributed by atoms with van der Waals surface area (Å²) in [6.07, 6.45) is 2.36. The molecular formula is C14H26N6. The van der Waals surface area contributed by atoms with Crippen molar-refractivity contribution in [3.05, 3.63) is 11.9 Å². The normalized spacial score (nSPS) is 15.5. The molecule has 1 saturated carbocycles. The number of hydrazine groups is 1. The van der Waals surface area contributed by atoms with Crippen LogP contribution in [0.1, 0.15) is 38.4 Å². The minimum absolute atomic E-state index is 0.171. The van der Waals surface area contributed by atoms with Crippen molar-refractivity contribution in [1.29, 1.82) is 0 Å². The van der Waals surface area contributed by atoms with Gasteiger partial charge in [-0.2, -0.15) is 0 Å². The standard InChI is InChI=1S/C14H26N6/c1-14(2,9-20(3)4)8-16-11-7-12(19-15)18-13(17-11)10-5-6-10/h7,10H,5-6,8-9,15H2,1-4H3,(H2,16,17,18,19). The summed E-state index contributed by atoms with van der Waals surface area (Å²) in [6.45, 7) is 6.36. The lowest BCUT2D eigenvalue weighted by atomic mass is 9.93. The Balaban J connectivity index is 2.03. The number of nitrogens with one attached hydrogen (secondary N) is 2. The molecule has 1 aromatic rings. The molecule has 1 fully saturated rings. The van der Waals surface area contributed by atoms with Crippen LogP contribution in [0.25, 0.3) is 0 Å². The summed E-state index contributed by atoms with van der Waals surface area (Å²) >= 11 is 0. The molecule has 6 heteroatoms. The number of hydrogen-bond acceptors (Lipinski definition) is 6. The molecule has 6 nitrogen and oxygen atoms in total. The maximum absolute atomic E-state index is 5.48. The Morgan fingerprint density at radius 2 is 1.95 bits per heavy atom. The van der Waals surface area contributed by atoms with Gasteiger partial charge in [0, 0.05) is 25.1 Å². The lowest BCUT2D eigenvalue weighted by molar-refractivity contribution is 0.254. The summed E-state index contributed by atoms with van der Waals surface area (Å²) in [5.74, 6) is 8.42. The molecule has 0 aromatic carbocycles. The van der Waals surface area contributed by atoms with Crippen molar-refractivity contribution >= 4 is 11.6 Å². The quantitative estimate of drug-likeness (QED) is 0.520. The summed E-state index contributed by atoms with van der Waals surface area (Å²) in [4.78, 5) is 11.2. The Kier molecular flexibility index (Phi) is 4.45. The van der Waals surface area contributed by atoms with Crippen LogP contribution in [0.4, 0.5) is 11.6 Å². The fraction of sp³-hybridized carbons (Fsp3) is 0.714. The fourth-order valence-corrected chi connectivity index (χ4v) is 2.40. The molecule has 0 amide bonds. The summed E-state index contributed by atoms with van der Waals surface area (Å²) < 4.78 is 0. The number of nitrogens with zero attached hydrogens (tertiary/aromatic N) is 3.